The maximum atomic E-state index is 11.4. The first-order chi connectivity index (χ1) is 9.00. The molecule has 0 bridgehead atoms. The Labute approximate surface area is 123 Å². The summed E-state index contributed by atoms with van der Waals surface area (Å²) in [6.07, 6.45) is 1.14. The number of H-pyrrole nitrogens is 1. The zero-order valence-electron chi connectivity index (χ0n) is 9.09. The van der Waals surface area contributed by atoms with E-state index in [1.54, 1.807) is 6.07 Å². The summed E-state index contributed by atoms with van der Waals surface area (Å²) in [6.45, 7) is 0. The highest BCUT2D eigenvalue weighted by Crippen LogP contribution is 2.38. The summed E-state index contributed by atoms with van der Waals surface area (Å²) in [7, 11) is 0. The first-order valence-corrected chi connectivity index (χ1v) is 6.43. The number of nitrogens with one attached hydrogen (secondary N) is 1. The number of rotatable bonds is 3. The maximum absolute atomic E-state index is 11.4. The summed E-state index contributed by atoms with van der Waals surface area (Å²) < 4.78 is 5.79. The van der Waals surface area contributed by atoms with Crippen molar-refractivity contribution in [2.45, 2.75) is 0 Å². The molecule has 1 N–H and O–H groups in total. The fourth-order valence-corrected chi connectivity index (χ4v) is 2.01. The van der Waals surface area contributed by atoms with E-state index < -0.39 is 10.5 Å². The zero-order chi connectivity index (χ0) is 14.0. The topological polar surface area (TPSA) is 98.1 Å². The standard InChI is InChI=1S/C10H5Br2N3O4/c11-5-2-1-3-6(15(17)18)8(5)19-10-7(12)9(16)13-4-14-10/h1-4H,(H,13,14,16). The maximum Gasteiger partial charge on any atom is 0.312 e. The first-order valence-electron chi connectivity index (χ1n) is 4.84. The minimum Gasteiger partial charge on any atom is -0.429 e. The lowest BCUT2D eigenvalue weighted by Gasteiger charge is -2.07. The highest BCUT2D eigenvalue weighted by atomic mass is 79.9. The number of ether oxygens (including phenoxy) is 1. The number of nitro groups is 1. The van der Waals surface area contributed by atoms with Crippen LogP contribution in [0.5, 0.6) is 11.6 Å². The average molecular weight is 391 g/mol. The molecule has 7 nitrogen and oxygen atoms in total. The molecule has 19 heavy (non-hydrogen) atoms. The Morgan fingerprint density at radius 1 is 1.37 bits per heavy atom. The lowest BCUT2D eigenvalue weighted by Crippen LogP contribution is -2.08. The SMILES string of the molecule is O=c1[nH]cnc(Oc2c(Br)cccc2[N+](=O)[O-])c1Br. The lowest BCUT2D eigenvalue weighted by atomic mass is 10.3. The van der Waals surface area contributed by atoms with Crippen molar-refractivity contribution in [3.63, 3.8) is 0 Å². The zero-order valence-corrected chi connectivity index (χ0v) is 12.3. The van der Waals surface area contributed by atoms with Crippen LogP contribution in [0.25, 0.3) is 0 Å². The van der Waals surface area contributed by atoms with Gasteiger partial charge >= 0.3 is 5.69 Å². The Kier molecular flexibility index (Phi) is 3.96. The van der Waals surface area contributed by atoms with Crippen LogP contribution in [0.3, 0.4) is 0 Å². The van der Waals surface area contributed by atoms with Crippen LogP contribution in [0, 0.1) is 10.1 Å². The molecule has 1 heterocycles. The van der Waals surface area contributed by atoms with Crippen LogP contribution < -0.4 is 10.3 Å². The number of hydrogen-bond acceptors (Lipinski definition) is 5. The molecular formula is C10H5Br2N3O4. The lowest BCUT2D eigenvalue weighted by molar-refractivity contribution is -0.385. The predicted octanol–water partition coefficient (Wildman–Crippen LogP) is 3.00. The Morgan fingerprint density at radius 2 is 2.11 bits per heavy atom. The van der Waals surface area contributed by atoms with Gasteiger partial charge in [-0.3, -0.25) is 14.9 Å². The second kappa shape index (κ2) is 5.49. The van der Waals surface area contributed by atoms with Gasteiger partial charge in [0.2, 0.25) is 11.6 Å². The molecule has 2 rings (SSSR count). The van der Waals surface area contributed by atoms with Crippen molar-refractivity contribution < 1.29 is 9.66 Å². The van der Waals surface area contributed by atoms with E-state index in [1.807, 2.05) is 0 Å². The molecule has 0 aliphatic heterocycles. The third-order valence-electron chi connectivity index (χ3n) is 2.11. The van der Waals surface area contributed by atoms with Crippen LogP contribution >= 0.6 is 31.9 Å². The fraction of sp³-hybridized carbons (Fsp3) is 0. The number of hydrogen-bond donors (Lipinski definition) is 1. The van der Waals surface area contributed by atoms with Gasteiger partial charge in [-0.2, -0.15) is 0 Å². The van der Waals surface area contributed by atoms with Crippen LogP contribution in [0.15, 0.2) is 38.3 Å². The van der Waals surface area contributed by atoms with E-state index in [9.17, 15) is 14.9 Å². The van der Waals surface area contributed by atoms with Crippen molar-refractivity contribution in [2.75, 3.05) is 0 Å². The third kappa shape index (κ3) is 2.82. The molecule has 9 heteroatoms. The van der Waals surface area contributed by atoms with Gasteiger partial charge in [0.05, 0.1) is 15.7 Å². The number of aromatic amines is 1. The van der Waals surface area contributed by atoms with Gasteiger partial charge in [0.25, 0.3) is 5.56 Å². The van der Waals surface area contributed by atoms with Gasteiger partial charge in [-0.05, 0) is 37.9 Å². The fourth-order valence-electron chi connectivity index (χ4n) is 1.28. The normalized spacial score (nSPS) is 10.2. The molecule has 0 amide bonds. The van der Waals surface area contributed by atoms with Crippen molar-refractivity contribution in [3.05, 3.63) is 53.9 Å². The molecule has 0 radical (unpaired) electrons. The monoisotopic (exact) mass is 389 g/mol. The Bertz CT molecular complexity index is 701. The molecule has 0 saturated carbocycles. The van der Waals surface area contributed by atoms with Crippen LogP contribution in [-0.2, 0) is 0 Å². The van der Waals surface area contributed by atoms with Crippen molar-refractivity contribution in [1.82, 2.24) is 9.97 Å². The molecule has 0 spiro atoms. The molecule has 2 aromatic rings. The van der Waals surface area contributed by atoms with Gasteiger partial charge in [0, 0.05) is 6.07 Å². The third-order valence-corrected chi connectivity index (χ3v) is 3.43. The molecule has 0 aliphatic carbocycles. The van der Waals surface area contributed by atoms with Crippen LogP contribution in [0.4, 0.5) is 5.69 Å². The van der Waals surface area contributed by atoms with Gasteiger partial charge in [-0.25, -0.2) is 4.98 Å². The van der Waals surface area contributed by atoms with Gasteiger partial charge in [-0.15, -0.1) is 0 Å². The van der Waals surface area contributed by atoms with Gasteiger partial charge < -0.3 is 9.72 Å². The Morgan fingerprint density at radius 3 is 2.79 bits per heavy atom. The summed E-state index contributed by atoms with van der Waals surface area (Å²) in [4.78, 5) is 27.9. The highest BCUT2D eigenvalue weighted by Gasteiger charge is 2.20. The van der Waals surface area contributed by atoms with Crippen LogP contribution in [-0.4, -0.2) is 14.9 Å². The van der Waals surface area contributed by atoms with Gasteiger partial charge in [-0.1, -0.05) is 6.07 Å². The highest BCUT2D eigenvalue weighted by molar-refractivity contribution is 9.11. The van der Waals surface area contributed by atoms with Crippen molar-refractivity contribution in [2.24, 2.45) is 0 Å². The summed E-state index contributed by atoms with van der Waals surface area (Å²) in [5, 5.41) is 10.9. The number of halogens is 2. The van der Waals surface area contributed by atoms with Crippen molar-refractivity contribution in [3.8, 4) is 11.6 Å². The molecule has 1 aromatic carbocycles. The number of benzene rings is 1. The molecule has 0 unspecified atom stereocenters. The minimum atomic E-state index is -0.582. The van der Waals surface area contributed by atoms with Crippen LogP contribution in [0.1, 0.15) is 0 Å². The van der Waals surface area contributed by atoms with E-state index in [-0.39, 0.29) is 21.8 Å². The summed E-state index contributed by atoms with van der Waals surface area (Å²) in [6, 6.07) is 4.39. The molecule has 0 fully saturated rings. The summed E-state index contributed by atoms with van der Waals surface area (Å²) >= 11 is 6.16. The predicted molar refractivity (Wildman–Crippen MR) is 73.4 cm³/mol. The first kappa shape index (κ1) is 13.7. The van der Waals surface area contributed by atoms with Gasteiger partial charge in [0.15, 0.2) is 0 Å². The van der Waals surface area contributed by atoms with Crippen molar-refractivity contribution in [1.29, 1.82) is 0 Å². The number of nitrogens with zero attached hydrogens (tertiary/aromatic N) is 2. The Hall–Kier alpha value is -1.74. The van der Waals surface area contributed by atoms with Crippen LogP contribution in [0.2, 0.25) is 0 Å². The van der Waals surface area contributed by atoms with E-state index >= 15 is 0 Å². The van der Waals surface area contributed by atoms with E-state index in [0.29, 0.717) is 4.47 Å². The molecule has 0 atom stereocenters. The number of para-hydroxylation sites is 1. The van der Waals surface area contributed by atoms with E-state index in [4.69, 9.17) is 4.74 Å². The van der Waals surface area contributed by atoms with Crippen molar-refractivity contribution >= 4 is 37.5 Å². The number of nitro benzene ring substituents is 1. The Balaban J connectivity index is 2.52. The molecular weight excluding hydrogens is 386 g/mol. The smallest absolute Gasteiger partial charge is 0.312 e. The second-order valence-electron chi connectivity index (χ2n) is 3.30. The van der Waals surface area contributed by atoms with Gasteiger partial charge in [0.1, 0.15) is 4.47 Å². The van der Waals surface area contributed by atoms with E-state index in [0.717, 1.165) is 6.33 Å². The summed E-state index contributed by atoms with van der Waals surface area (Å²) in [5.74, 6) is -0.0787. The molecule has 0 aliphatic rings. The molecule has 1 aromatic heterocycles. The average Bonchev–Trinajstić information content (AvgIpc) is 2.36. The van der Waals surface area contributed by atoms with E-state index in [2.05, 4.69) is 41.8 Å². The molecule has 0 saturated heterocycles. The second-order valence-corrected chi connectivity index (χ2v) is 4.95. The van der Waals surface area contributed by atoms with E-state index in [1.165, 1.54) is 12.1 Å². The molecule has 98 valence electrons. The minimum absolute atomic E-state index is 0.0219. The summed E-state index contributed by atoms with van der Waals surface area (Å²) in [5.41, 5.74) is -0.678. The quantitative estimate of drug-likeness (QED) is 0.641. The largest absolute Gasteiger partial charge is 0.429 e. The number of aromatic nitrogens is 2.